The first kappa shape index (κ1) is 14.6. The van der Waals surface area contributed by atoms with Gasteiger partial charge in [-0.05, 0) is 42.0 Å². The molecule has 6 heteroatoms. The van der Waals surface area contributed by atoms with Crippen molar-refractivity contribution in [3.63, 3.8) is 0 Å². The summed E-state index contributed by atoms with van der Waals surface area (Å²) in [5.74, 6) is 0.261. The van der Waals surface area contributed by atoms with Gasteiger partial charge in [-0.2, -0.15) is 0 Å². The highest BCUT2D eigenvalue weighted by atomic mass is 16.1. The van der Waals surface area contributed by atoms with Crippen molar-refractivity contribution in [2.24, 2.45) is 0 Å². The van der Waals surface area contributed by atoms with E-state index in [2.05, 4.69) is 25.6 Å². The summed E-state index contributed by atoms with van der Waals surface area (Å²) in [7, 11) is 0. The number of aromatic nitrogens is 3. The molecule has 0 unspecified atom stereocenters. The number of pyridine rings is 3. The number of nitrogens with zero attached hydrogens (tertiary/aromatic N) is 3. The normalized spacial score (nSPS) is 10.1. The predicted octanol–water partition coefficient (Wildman–Crippen LogP) is 2.74. The molecule has 6 nitrogen and oxygen atoms in total. The Morgan fingerprint density at radius 3 is 2.52 bits per heavy atom. The third kappa shape index (κ3) is 4.10. The lowest BCUT2D eigenvalue weighted by Crippen LogP contribution is -2.13. The van der Waals surface area contributed by atoms with E-state index in [1.807, 2.05) is 18.2 Å². The van der Waals surface area contributed by atoms with Crippen LogP contribution in [0, 0.1) is 0 Å². The summed E-state index contributed by atoms with van der Waals surface area (Å²) in [5.41, 5.74) is 2.50. The fraction of sp³-hybridized carbons (Fsp3) is 0.0588. The van der Waals surface area contributed by atoms with Gasteiger partial charge in [-0.1, -0.05) is 0 Å². The Morgan fingerprint density at radius 2 is 1.83 bits per heavy atom. The van der Waals surface area contributed by atoms with Crippen LogP contribution in [0.25, 0.3) is 0 Å². The van der Waals surface area contributed by atoms with E-state index in [0.29, 0.717) is 17.9 Å². The fourth-order valence-electron chi connectivity index (χ4n) is 1.96. The molecule has 0 saturated heterocycles. The number of hydrogen-bond donors (Lipinski definition) is 2. The number of amides is 1. The van der Waals surface area contributed by atoms with Gasteiger partial charge in [0.2, 0.25) is 0 Å². The first-order chi connectivity index (χ1) is 11.3. The zero-order chi connectivity index (χ0) is 15.9. The molecule has 0 bridgehead atoms. The van der Waals surface area contributed by atoms with Crippen molar-refractivity contribution in [1.82, 2.24) is 15.0 Å². The average Bonchev–Trinajstić information content (AvgIpc) is 2.63. The van der Waals surface area contributed by atoms with Crippen molar-refractivity contribution in [2.75, 3.05) is 10.6 Å². The molecule has 3 rings (SSSR count). The average molecular weight is 305 g/mol. The monoisotopic (exact) mass is 305 g/mol. The Bertz CT molecular complexity index is 760. The molecule has 0 fully saturated rings. The van der Waals surface area contributed by atoms with E-state index in [1.165, 1.54) is 6.20 Å². The predicted molar refractivity (Wildman–Crippen MR) is 88.0 cm³/mol. The second-order valence-electron chi connectivity index (χ2n) is 4.84. The fourth-order valence-corrected chi connectivity index (χ4v) is 1.96. The van der Waals surface area contributed by atoms with Crippen molar-refractivity contribution in [3.8, 4) is 0 Å². The molecular weight excluding hydrogens is 290 g/mol. The number of hydrogen-bond acceptors (Lipinski definition) is 5. The van der Waals surface area contributed by atoms with Crippen LogP contribution in [0.15, 0.2) is 67.4 Å². The number of anilines is 2. The lowest BCUT2D eigenvalue weighted by atomic mass is 10.2. The van der Waals surface area contributed by atoms with E-state index < -0.39 is 0 Å². The molecule has 2 N–H and O–H groups in total. The van der Waals surface area contributed by atoms with Crippen molar-refractivity contribution in [2.45, 2.75) is 6.54 Å². The van der Waals surface area contributed by atoms with E-state index in [4.69, 9.17) is 0 Å². The first-order valence-electron chi connectivity index (χ1n) is 7.11. The van der Waals surface area contributed by atoms with Gasteiger partial charge in [0.1, 0.15) is 5.82 Å². The molecule has 3 aromatic heterocycles. The highest BCUT2D eigenvalue weighted by Gasteiger charge is 2.06. The summed E-state index contributed by atoms with van der Waals surface area (Å²) in [4.78, 5) is 24.1. The Balaban J connectivity index is 1.58. The summed E-state index contributed by atoms with van der Waals surface area (Å²) in [6.45, 7) is 0.686. The molecule has 0 aromatic carbocycles. The molecule has 23 heavy (non-hydrogen) atoms. The quantitative estimate of drug-likeness (QED) is 0.757. The number of carbonyl (C=O) groups is 1. The molecule has 0 aliphatic rings. The van der Waals surface area contributed by atoms with Crippen LogP contribution in [0.4, 0.5) is 11.5 Å². The van der Waals surface area contributed by atoms with Crippen molar-refractivity contribution >= 4 is 17.4 Å². The lowest BCUT2D eigenvalue weighted by molar-refractivity contribution is 0.102. The van der Waals surface area contributed by atoms with Gasteiger partial charge in [-0.25, -0.2) is 4.98 Å². The summed E-state index contributed by atoms with van der Waals surface area (Å²) in [5, 5.41) is 5.99. The maximum atomic E-state index is 12.0. The molecule has 114 valence electrons. The number of nitrogens with one attached hydrogen (secondary N) is 2. The highest BCUT2D eigenvalue weighted by molar-refractivity contribution is 6.03. The molecule has 0 spiro atoms. The largest absolute Gasteiger partial charge is 0.380 e. The van der Waals surface area contributed by atoms with Gasteiger partial charge in [-0.15, -0.1) is 0 Å². The second kappa shape index (κ2) is 7.13. The summed E-state index contributed by atoms with van der Waals surface area (Å²) in [6.07, 6.45) is 8.33. The van der Waals surface area contributed by atoms with E-state index in [0.717, 1.165) is 11.3 Å². The maximum Gasteiger partial charge on any atom is 0.258 e. The number of carbonyl (C=O) groups excluding carboxylic acids is 1. The maximum absolute atomic E-state index is 12.0. The summed E-state index contributed by atoms with van der Waals surface area (Å²) in [6, 6.07) is 10.9. The van der Waals surface area contributed by atoms with Gasteiger partial charge in [0.15, 0.2) is 0 Å². The van der Waals surface area contributed by atoms with Crippen LogP contribution in [0.3, 0.4) is 0 Å². The topological polar surface area (TPSA) is 79.8 Å². The van der Waals surface area contributed by atoms with E-state index in [1.54, 1.807) is 43.0 Å². The third-order valence-electron chi connectivity index (χ3n) is 3.17. The van der Waals surface area contributed by atoms with Gasteiger partial charge < -0.3 is 10.6 Å². The van der Waals surface area contributed by atoms with Crippen LogP contribution < -0.4 is 10.6 Å². The number of rotatable bonds is 5. The van der Waals surface area contributed by atoms with Gasteiger partial charge in [0.25, 0.3) is 5.91 Å². The van der Waals surface area contributed by atoms with E-state index in [-0.39, 0.29) is 5.91 Å². The molecule has 0 atom stereocenters. The van der Waals surface area contributed by atoms with Crippen LogP contribution in [-0.4, -0.2) is 20.9 Å². The third-order valence-corrected chi connectivity index (χ3v) is 3.17. The minimum Gasteiger partial charge on any atom is -0.380 e. The lowest BCUT2D eigenvalue weighted by Gasteiger charge is -2.08. The van der Waals surface area contributed by atoms with E-state index in [9.17, 15) is 4.79 Å². The van der Waals surface area contributed by atoms with Gasteiger partial charge in [0.05, 0.1) is 17.4 Å². The summed E-state index contributed by atoms with van der Waals surface area (Å²) < 4.78 is 0. The standard InChI is InChI=1S/C17H15N5O/c23-17(14-2-1-7-19-11-14)22-16-4-3-15(12-21-16)20-10-13-5-8-18-9-6-13/h1-9,11-12,20H,10H2,(H,21,22,23). The Morgan fingerprint density at radius 1 is 0.957 bits per heavy atom. The van der Waals surface area contributed by atoms with Crippen LogP contribution in [0.2, 0.25) is 0 Å². The van der Waals surface area contributed by atoms with Gasteiger partial charge in [0, 0.05) is 31.3 Å². The molecule has 0 radical (unpaired) electrons. The Labute approximate surface area is 133 Å². The van der Waals surface area contributed by atoms with Crippen LogP contribution in [0.1, 0.15) is 15.9 Å². The van der Waals surface area contributed by atoms with Crippen molar-refractivity contribution < 1.29 is 4.79 Å². The smallest absolute Gasteiger partial charge is 0.258 e. The van der Waals surface area contributed by atoms with Crippen LogP contribution in [0.5, 0.6) is 0 Å². The minimum absolute atomic E-state index is 0.233. The molecule has 0 aliphatic carbocycles. The molecule has 0 saturated carbocycles. The van der Waals surface area contributed by atoms with E-state index >= 15 is 0 Å². The van der Waals surface area contributed by atoms with Gasteiger partial charge >= 0.3 is 0 Å². The van der Waals surface area contributed by atoms with Crippen LogP contribution >= 0.6 is 0 Å². The Hall–Kier alpha value is -3.28. The van der Waals surface area contributed by atoms with Crippen LogP contribution in [-0.2, 0) is 6.54 Å². The zero-order valence-corrected chi connectivity index (χ0v) is 12.3. The highest BCUT2D eigenvalue weighted by Crippen LogP contribution is 2.12. The molecule has 3 heterocycles. The molecule has 3 aromatic rings. The Kier molecular flexibility index (Phi) is 4.54. The van der Waals surface area contributed by atoms with Crippen molar-refractivity contribution in [1.29, 1.82) is 0 Å². The first-order valence-corrected chi connectivity index (χ1v) is 7.11. The molecular formula is C17H15N5O. The minimum atomic E-state index is -0.233. The SMILES string of the molecule is O=C(Nc1ccc(NCc2ccncc2)cn1)c1cccnc1. The zero-order valence-electron chi connectivity index (χ0n) is 12.3. The molecule has 1 amide bonds. The summed E-state index contributed by atoms with van der Waals surface area (Å²) >= 11 is 0. The van der Waals surface area contributed by atoms with Crippen molar-refractivity contribution in [3.05, 3.63) is 78.5 Å². The molecule has 0 aliphatic heterocycles. The van der Waals surface area contributed by atoms with Gasteiger partial charge in [-0.3, -0.25) is 14.8 Å². The second-order valence-corrected chi connectivity index (χ2v) is 4.84.